The van der Waals surface area contributed by atoms with Crippen molar-refractivity contribution in [2.75, 3.05) is 5.32 Å². The number of aromatic carboxylic acids is 1. The first-order chi connectivity index (χ1) is 9.45. The van der Waals surface area contributed by atoms with Crippen LogP contribution in [0.2, 0.25) is 0 Å². The number of amidine groups is 1. The summed E-state index contributed by atoms with van der Waals surface area (Å²) in [6, 6.07) is 5.66. The van der Waals surface area contributed by atoms with Crippen LogP contribution >= 0.6 is 11.8 Å². The number of carbonyl (C=O) groups is 3. The molecule has 1 heterocycles. The number of rotatable bonds is 4. The molecule has 104 valence electrons. The Bertz CT molecular complexity index is 614. The number of nitrogens with two attached hydrogens (primary N) is 1. The largest absolute Gasteiger partial charge is 0.545 e. The fraction of sp³-hybridized carbons (Fsp3) is 0.167. The second-order valence-corrected chi connectivity index (χ2v) is 5.24. The van der Waals surface area contributed by atoms with Gasteiger partial charge in [-0.05, 0) is 17.7 Å². The Kier molecular flexibility index (Phi) is 4.04. The van der Waals surface area contributed by atoms with Gasteiger partial charge in [0, 0.05) is 12.1 Å². The lowest BCUT2D eigenvalue weighted by Gasteiger charge is -2.09. The lowest BCUT2D eigenvalue weighted by Crippen LogP contribution is -2.23. The molecule has 1 aromatic carbocycles. The average molecular weight is 292 g/mol. The van der Waals surface area contributed by atoms with E-state index in [-0.39, 0.29) is 17.2 Å². The van der Waals surface area contributed by atoms with E-state index in [1.165, 1.54) is 18.2 Å². The van der Waals surface area contributed by atoms with Crippen molar-refractivity contribution in [1.82, 2.24) is 0 Å². The number of hydrogen-bond acceptors (Lipinski definition) is 6. The fourth-order valence-corrected chi connectivity index (χ4v) is 2.46. The van der Waals surface area contributed by atoms with Crippen LogP contribution in [0.5, 0.6) is 0 Å². The molecule has 3 N–H and O–H groups in total. The van der Waals surface area contributed by atoms with Gasteiger partial charge in [0.15, 0.2) is 5.17 Å². The maximum atomic E-state index is 11.8. The number of anilines is 1. The molecule has 1 atom stereocenters. The summed E-state index contributed by atoms with van der Waals surface area (Å²) < 4.78 is 0. The third-order valence-electron chi connectivity index (χ3n) is 2.51. The zero-order valence-corrected chi connectivity index (χ0v) is 11.0. The second-order valence-electron chi connectivity index (χ2n) is 4.02. The van der Waals surface area contributed by atoms with Crippen molar-refractivity contribution in [2.24, 2.45) is 10.7 Å². The minimum atomic E-state index is -1.33. The van der Waals surface area contributed by atoms with Crippen LogP contribution in [0.4, 0.5) is 5.69 Å². The average Bonchev–Trinajstić information content (AvgIpc) is 2.67. The molecule has 0 fully saturated rings. The summed E-state index contributed by atoms with van der Waals surface area (Å²) >= 11 is 1.03. The van der Waals surface area contributed by atoms with Crippen LogP contribution in [0, 0.1) is 0 Å². The molecule has 1 aliphatic rings. The lowest BCUT2D eigenvalue weighted by molar-refractivity contribution is -0.255. The summed E-state index contributed by atoms with van der Waals surface area (Å²) in [7, 11) is 0. The number of carbonyl (C=O) groups excluding carboxylic acids is 3. The SMILES string of the molecule is NC1=NC(=O)[C@@H](CC(=O)Nc2cccc(C(=O)[O-])c2)S1. The normalized spacial score (nSPS) is 17.7. The van der Waals surface area contributed by atoms with E-state index in [2.05, 4.69) is 10.3 Å². The molecule has 1 aromatic rings. The van der Waals surface area contributed by atoms with Crippen LogP contribution in [-0.4, -0.2) is 28.2 Å². The molecule has 20 heavy (non-hydrogen) atoms. The van der Waals surface area contributed by atoms with Gasteiger partial charge in [-0.1, -0.05) is 23.9 Å². The fourth-order valence-electron chi connectivity index (χ4n) is 1.64. The Morgan fingerprint density at radius 2 is 2.20 bits per heavy atom. The summed E-state index contributed by atoms with van der Waals surface area (Å²) in [4.78, 5) is 37.3. The number of nitrogens with one attached hydrogen (secondary N) is 1. The number of aliphatic imine (C=N–C) groups is 1. The van der Waals surface area contributed by atoms with Crippen LogP contribution in [0.3, 0.4) is 0 Å². The minimum absolute atomic E-state index is 0.0401. The number of thioether (sulfide) groups is 1. The maximum absolute atomic E-state index is 11.8. The highest BCUT2D eigenvalue weighted by atomic mass is 32.2. The standard InChI is InChI=1S/C12H11N3O4S/c13-12-15-10(17)8(20-12)5-9(16)14-7-3-1-2-6(4-7)11(18)19/h1-4,8H,5H2,(H,14,16)(H,18,19)(H2,13,15,17)/p-1/t8-/m1/s1. The topological polar surface area (TPSA) is 125 Å². The van der Waals surface area contributed by atoms with Gasteiger partial charge < -0.3 is 21.0 Å². The van der Waals surface area contributed by atoms with Gasteiger partial charge in [-0.15, -0.1) is 0 Å². The van der Waals surface area contributed by atoms with E-state index in [4.69, 9.17) is 5.73 Å². The Labute approximate surface area is 118 Å². The predicted molar refractivity (Wildman–Crippen MR) is 72.0 cm³/mol. The zero-order valence-electron chi connectivity index (χ0n) is 10.2. The van der Waals surface area contributed by atoms with Gasteiger partial charge in [-0.2, -0.15) is 4.99 Å². The molecule has 0 radical (unpaired) electrons. The molecule has 1 aliphatic heterocycles. The highest BCUT2D eigenvalue weighted by Gasteiger charge is 2.29. The van der Waals surface area contributed by atoms with Crippen molar-refractivity contribution in [3.8, 4) is 0 Å². The van der Waals surface area contributed by atoms with Crippen LogP contribution in [0.25, 0.3) is 0 Å². The van der Waals surface area contributed by atoms with Crippen LogP contribution in [0.15, 0.2) is 29.3 Å². The Morgan fingerprint density at radius 3 is 2.80 bits per heavy atom. The van der Waals surface area contributed by atoms with E-state index in [0.29, 0.717) is 5.69 Å². The molecule has 0 unspecified atom stereocenters. The number of amides is 2. The Hall–Kier alpha value is -2.35. The van der Waals surface area contributed by atoms with Gasteiger partial charge in [0.1, 0.15) is 5.25 Å². The molecule has 2 rings (SSSR count). The number of hydrogen-bond donors (Lipinski definition) is 2. The van der Waals surface area contributed by atoms with Crippen molar-refractivity contribution < 1.29 is 19.5 Å². The van der Waals surface area contributed by atoms with Crippen LogP contribution in [0.1, 0.15) is 16.8 Å². The van der Waals surface area contributed by atoms with Crippen molar-refractivity contribution in [3.63, 3.8) is 0 Å². The van der Waals surface area contributed by atoms with Crippen LogP contribution < -0.4 is 16.2 Å². The van der Waals surface area contributed by atoms with Crippen molar-refractivity contribution in [2.45, 2.75) is 11.7 Å². The molecule has 0 aliphatic carbocycles. The van der Waals surface area contributed by atoms with Gasteiger partial charge in [0.05, 0.1) is 5.97 Å². The highest BCUT2D eigenvalue weighted by Crippen LogP contribution is 2.23. The molecule has 0 saturated carbocycles. The molecular weight excluding hydrogens is 282 g/mol. The first kappa shape index (κ1) is 14.1. The lowest BCUT2D eigenvalue weighted by atomic mass is 10.2. The monoisotopic (exact) mass is 292 g/mol. The zero-order chi connectivity index (χ0) is 14.7. The van der Waals surface area contributed by atoms with Gasteiger partial charge in [0.25, 0.3) is 5.91 Å². The van der Waals surface area contributed by atoms with E-state index in [9.17, 15) is 19.5 Å². The number of carboxylic acid groups (broad SMARTS) is 1. The van der Waals surface area contributed by atoms with Gasteiger partial charge in [-0.3, -0.25) is 9.59 Å². The quantitative estimate of drug-likeness (QED) is 0.758. The smallest absolute Gasteiger partial charge is 0.262 e. The molecule has 2 amide bonds. The van der Waals surface area contributed by atoms with Gasteiger partial charge in [-0.25, -0.2) is 0 Å². The molecule has 0 bridgehead atoms. The highest BCUT2D eigenvalue weighted by molar-refractivity contribution is 8.15. The maximum Gasteiger partial charge on any atom is 0.262 e. The van der Waals surface area contributed by atoms with Crippen molar-refractivity contribution >= 4 is 40.4 Å². The number of carboxylic acids is 1. The van der Waals surface area contributed by atoms with E-state index >= 15 is 0 Å². The molecular formula is C12H10N3O4S-. The molecule has 7 nitrogen and oxygen atoms in total. The molecule has 0 aromatic heterocycles. The van der Waals surface area contributed by atoms with E-state index < -0.39 is 23.0 Å². The van der Waals surface area contributed by atoms with Crippen molar-refractivity contribution in [1.29, 1.82) is 0 Å². The molecule has 8 heteroatoms. The predicted octanol–water partition coefficient (Wildman–Crippen LogP) is -0.665. The third-order valence-corrected chi connectivity index (χ3v) is 3.50. The van der Waals surface area contributed by atoms with E-state index in [1.54, 1.807) is 6.07 Å². The minimum Gasteiger partial charge on any atom is -0.545 e. The molecule has 0 spiro atoms. The molecule has 0 saturated heterocycles. The summed E-state index contributed by atoms with van der Waals surface area (Å²) in [5, 5.41) is 12.7. The van der Waals surface area contributed by atoms with E-state index in [1.807, 2.05) is 0 Å². The summed E-state index contributed by atoms with van der Waals surface area (Å²) in [6.07, 6.45) is -0.0801. The van der Waals surface area contributed by atoms with Crippen LogP contribution in [-0.2, 0) is 9.59 Å². The third kappa shape index (κ3) is 3.35. The second kappa shape index (κ2) is 5.74. The summed E-state index contributed by atoms with van der Waals surface area (Å²) in [5.74, 6) is -2.19. The first-order valence-corrected chi connectivity index (χ1v) is 6.49. The first-order valence-electron chi connectivity index (χ1n) is 5.61. The Balaban J connectivity index is 1.97. The van der Waals surface area contributed by atoms with Gasteiger partial charge >= 0.3 is 0 Å². The summed E-state index contributed by atoms with van der Waals surface area (Å²) in [6.45, 7) is 0. The van der Waals surface area contributed by atoms with Crippen molar-refractivity contribution in [3.05, 3.63) is 29.8 Å². The van der Waals surface area contributed by atoms with E-state index in [0.717, 1.165) is 11.8 Å². The summed E-state index contributed by atoms with van der Waals surface area (Å²) in [5.41, 5.74) is 5.67. The number of benzene rings is 1. The number of nitrogens with zero attached hydrogens (tertiary/aromatic N) is 1. The van der Waals surface area contributed by atoms with Gasteiger partial charge in [0.2, 0.25) is 5.91 Å². The Morgan fingerprint density at radius 1 is 1.45 bits per heavy atom.